The second kappa shape index (κ2) is 6.84. The molecule has 0 atom stereocenters. The maximum Gasteiger partial charge on any atom is 0.126 e. The van der Waals surface area contributed by atoms with E-state index in [-0.39, 0.29) is 0 Å². The third-order valence-corrected chi connectivity index (χ3v) is 2.54. The van der Waals surface area contributed by atoms with Crippen LogP contribution in [-0.2, 0) is 6.42 Å². The molecule has 0 aliphatic rings. The summed E-state index contributed by atoms with van der Waals surface area (Å²) in [5.41, 5.74) is 1.88. The number of hydrogen-bond acceptors (Lipinski definition) is 1. The van der Waals surface area contributed by atoms with E-state index in [1.807, 2.05) is 0 Å². The molecule has 0 aromatic heterocycles. The smallest absolute Gasteiger partial charge is 0.126 e. The topological polar surface area (TPSA) is 12.0 Å². The van der Waals surface area contributed by atoms with E-state index in [1.165, 1.54) is 17.7 Å². The summed E-state index contributed by atoms with van der Waals surface area (Å²) < 4.78 is 25.6. The molecule has 1 N–H and O–H groups in total. The monoisotopic (exact) mass is 265 g/mol. The Labute approximate surface area is 103 Å². The molecule has 5 heteroatoms. The van der Waals surface area contributed by atoms with Crippen molar-refractivity contribution >= 4 is 23.2 Å². The molecule has 16 heavy (non-hydrogen) atoms. The second-order valence-corrected chi connectivity index (χ2v) is 3.96. The molecule has 0 spiro atoms. The zero-order valence-corrected chi connectivity index (χ0v) is 9.95. The van der Waals surface area contributed by atoms with Crippen LogP contribution in [-0.4, -0.2) is 13.1 Å². The lowest BCUT2D eigenvalue weighted by atomic mass is 10.1. The highest BCUT2D eigenvalue weighted by Crippen LogP contribution is 2.08. The molecule has 0 fully saturated rings. The minimum atomic E-state index is -0.561. The van der Waals surface area contributed by atoms with Gasteiger partial charge in [-0.05, 0) is 30.7 Å². The van der Waals surface area contributed by atoms with Crippen LogP contribution >= 0.6 is 23.2 Å². The van der Waals surface area contributed by atoms with E-state index in [0.717, 1.165) is 6.07 Å². The van der Waals surface area contributed by atoms with Gasteiger partial charge in [0.25, 0.3) is 0 Å². The van der Waals surface area contributed by atoms with Gasteiger partial charge in [-0.2, -0.15) is 0 Å². The molecule has 0 heterocycles. The quantitative estimate of drug-likeness (QED) is 0.805. The summed E-state index contributed by atoms with van der Waals surface area (Å²) in [7, 11) is 0. The highest BCUT2D eigenvalue weighted by atomic mass is 35.5. The maximum absolute atomic E-state index is 12.8. The summed E-state index contributed by atoms with van der Waals surface area (Å²) in [5, 5.41) is 3.49. The average molecular weight is 266 g/mol. The Morgan fingerprint density at radius 1 is 1.25 bits per heavy atom. The molecule has 0 aliphatic carbocycles. The first-order valence-corrected chi connectivity index (χ1v) is 5.53. The van der Waals surface area contributed by atoms with Gasteiger partial charge in [0.15, 0.2) is 0 Å². The van der Waals surface area contributed by atoms with Gasteiger partial charge < -0.3 is 5.32 Å². The fourth-order valence-electron chi connectivity index (χ4n) is 1.23. The van der Waals surface area contributed by atoms with Crippen LogP contribution in [0.25, 0.3) is 0 Å². The Hall–Kier alpha value is -0.640. The molecule has 0 amide bonds. The Balaban J connectivity index is 2.37. The van der Waals surface area contributed by atoms with E-state index in [0.29, 0.717) is 30.1 Å². The lowest BCUT2D eigenvalue weighted by molar-refractivity contribution is 0.578. The largest absolute Gasteiger partial charge is 0.311 e. The molecule has 1 aromatic carbocycles. The highest BCUT2D eigenvalue weighted by Gasteiger charge is 2.00. The molecule has 1 rings (SSSR count). The zero-order valence-electron chi connectivity index (χ0n) is 8.44. The predicted octanol–water partition coefficient (Wildman–Crippen LogP) is 3.42. The first-order chi connectivity index (χ1) is 7.61. The highest BCUT2D eigenvalue weighted by molar-refractivity contribution is 6.36. The number of rotatable bonds is 5. The van der Waals surface area contributed by atoms with Gasteiger partial charge in [-0.25, -0.2) is 8.78 Å². The van der Waals surface area contributed by atoms with Crippen molar-refractivity contribution in [1.82, 2.24) is 5.32 Å². The van der Waals surface area contributed by atoms with Gasteiger partial charge in [0, 0.05) is 23.2 Å². The van der Waals surface area contributed by atoms with Crippen molar-refractivity contribution in [2.75, 3.05) is 13.1 Å². The van der Waals surface area contributed by atoms with E-state index in [1.54, 1.807) is 0 Å². The predicted molar refractivity (Wildman–Crippen MR) is 62.7 cm³/mol. The van der Waals surface area contributed by atoms with Gasteiger partial charge in [-0.3, -0.25) is 0 Å². The van der Waals surface area contributed by atoms with Gasteiger partial charge in [-0.1, -0.05) is 23.2 Å². The third kappa shape index (κ3) is 4.92. The molecule has 88 valence electrons. The van der Waals surface area contributed by atoms with Crippen molar-refractivity contribution in [2.45, 2.75) is 6.42 Å². The van der Waals surface area contributed by atoms with Gasteiger partial charge in [0.05, 0.1) is 0 Å². The van der Waals surface area contributed by atoms with Gasteiger partial charge in [0.1, 0.15) is 11.6 Å². The molecule has 1 nitrogen and oxygen atoms in total. The van der Waals surface area contributed by atoms with Crippen LogP contribution in [0.3, 0.4) is 0 Å². The van der Waals surface area contributed by atoms with Gasteiger partial charge in [0.2, 0.25) is 0 Å². The summed E-state index contributed by atoms with van der Waals surface area (Å²) in [6.07, 6.45) is 0.529. The van der Waals surface area contributed by atoms with Crippen molar-refractivity contribution in [3.05, 3.63) is 46.0 Å². The molecule has 0 saturated heterocycles. The van der Waals surface area contributed by atoms with Crippen LogP contribution in [0.4, 0.5) is 8.78 Å². The van der Waals surface area contributed by atoms with E-state index in [2.05, 4.69) is 5.32 Å². The maximum atomic E-state index is 12.8. The summed E-state index contributed by atoms with van der Waals surface area (Å²) in [5.74, 6) is -1.12. The minimum Gasteiger partial charge on any atom is -0.311 e. The number of hydrogen-bond donors (Lipinski definition) is 1. The average Bonchev–Trinajstić information content (AvgIpc) is 2.22. The molecule has 0 aliphatic heterocycles. The molecular weight excluding hydrogens is 255 g/mol. The Morgan fingerprint density at radius 2 is 1.88 bits per heavy atom. The minimum absolute atomic E-state index is 0.447. The lowest BCUT2D eigenvalue weighted by Gasteiger charge is -2.04. The van der Waals surface area contributed by atoms with Crippen molar-refractivity contribution in [3.8, 4) is 0 Å². The molecule has 0 saturated carbocycles. The first kappa shape index (κ1) is 13.4. The van der Waals surface area contributed by atoms with Crippen molar-refractivity contribution in [2.24, 2.45) is 0 Å². The summed E-state index contributed by atoms with van der Waals surface area (Å²) in [6, 6.07) is 3.47. The van der Waals surface area contributed by atoms with E-state index in [9.17, 15) is 8.78 Å². The molecular formula is C11H11Cl2F2N. The summed E-state index contributed by atoms with van der Waals surface area (Å²) in [6.45, 7) is 1.02. The van der Waals surface area contributed by atoms with E-state index >= 15 is 0 Å². The fourth-order valence-corrected chi connectivity index (χ4v) is 1.41. The first-order valence-electron chi connectivity index (χ1n) is 4.72. The van der Waals surface area contributed by atoms with Crippen LogP contribution in [0.2, 0.25) is 0 Å². The molecule has 0 unspecified atom stereocenters. The third-order valence-electron chi connectivity index (χ3n) is 1.93. The number of halogens is 4. The standard InChI is InChI=1S/C11H11Cl2F2N/c12-6-9(13)7-16-2-1-8-3-10(14)5-11(15)4-8/h3-6,16H,1-2,7H2. The van der Waals surface area contributed by atoms with Crippen LogP contribution in [0, 0.1) is 11.6 Å². The molecule has 0 radical (unpaired) electrons. The van der Waals surface area contributed by atoms with Crippen molar-refractivity contribution < 1.29 is 8.78 Å². The number of benzene rings is 1. The van der Waals surface area contributed by atoms with Gasteiger partial charge in [-0.15, -0.1) is 0 Å². The van der Waals surface area contributed by atoms with Crippen molar-refractivity contribution in [3.63, 3.8) is 0 Å². The fraction of sp³-hybridized carbons (Fsp3) is 0.273. The summed E-state index contributed by atoms with van der Waals surface area (Å²) in [4.78, 5) is 0. The Bertz CT molecular complexity index is 360. The number of nitrogens with one attached hydrogen (secondary N) is 1. The lowest BCUT2D eigenvalue weighted by Crippen LogP contribution is -2.18. The SMILES string of the molecule is Fc1cc(F)cc(CCNCC(Cl)=CCl)c1. The van der Waals surface area contributed by atoms with Gasteiger partial charge >= 0.3 is 0 Å². The van der Waals surface area contributed by atoms with Crippen molar-refractivity contribution in [1.29, 1.82) is 0 Å². The second-order valence-electron chi connectivity index (χ2n) is 3.26. The van der Waals surface area contributed by atoms with Crippen LogP contribution < -0.4 is 5.32 Å². The zero-order chi connectivity index (χ0) is 12.0. The Kier molecular flexibility index (Phi) is 5.74. The van der Waals surface area contributed by atoms with E-state index in [4.69, 9.17) is 23.2 Å². The van der Waals surface area contributed by atoms with Crippen LogP contribution in [0.15, 0.2) is 28.8 Å². The molecule has 1 aromatic rings. The van der Waals surface area contributed by atoms with E-state index < -0.39 is 11.6 Å². The Morgan fingerprint density at radius 3 is 2.44 bits per heavy atom. The van der Waals surface area contributed by atoms with Crippen LogP contribution in [0.5, 0.6) is 0 Å². The van der Waals surface area contributed by atoms with Crippen LogP contribution in [0.1, 0.15) is 5.56 Å². The molecule has 0 bridgehead atoms. The normalized spacial score (nSPS) is 11.9. The summed E-state index contributed by atoms with van der Waals surface area (Å²) >= 11 is 11.0.